The summed E-state index contributed by atoms with van der Waals surface area (Å²) in [5.74, 6) is -2.44. The first-order chi connectivity index (χ1) is 12.7. The molecule has 1 aromatic heterocycles. The van der Waals surface area contributed by atoms with Crippen molar-refractivity contribution in [1.29, 1.82) is 0 Å². The summed E-state index contributed by atoms with van der Waals surface area (Å²) in [5, 5.41) is 11.5. The SMILES string of the molecule is O=C(O)c1cnc(NC23CCC4(F)CC(F)(CC(F)(C4)C2)C3)nc1C(F)(F)F. The van der Waals surface area contributed by atoms with Crippen molar-refractivity contribution in [2.45, 2.75) is 73.7 Å². The Kier molecular flexibility index (Phi) is 3.78. The molecule has 5 nitrogen and oxygen atoms in total. The predicted molar refractivity (Wildman–Crippen MR) is 84.2 cm³/mol. The third kappa shape index (κ3) is 3.18. The molecule has 4 bridgehead atoms. The number of carbonyl (C=O) groups is 1. The molecule has 4 saturated carbocycles. The van der Waals surface area contributed by atoms with Gasteiger partial charge in [0.25, 0.3) is 0 Å². The topological polar surface area (TPSA) is 75.1 Å². The van der Waals surface area contributed by atoms with Crippen LogP contribution in [0.4, 0.5) is 32.3 Å². The van der Waals surface area contributed by atoms with Gasteiger partial charge in [-0.15, -0.1) is 0 Å². The molecule has 1 heterocycles. The molecule has 0 radical (unpaired) electrons. The van der Waals surface area contributed by atoms with Gasteiger partial charge in [0.1, 0.15) is 22.6 Å². The van der Waals surface area contributed by atoms with Crippen LogP contribution in [0.25, 0.3) is 0 Å². The van der Waals surface area contributed by atoms with Crippen molar-refractivity contribution in [3.05, 3.63) is 17.5 Å². The summed E-state index contributed by atoms with van der Waals surface area (Å²) in [6.07, 6.45) is -6.56. The third-order valence-corrected chi connectivity index (χ3v) is 5.93. The first-order valence-electron chi connectivity index (χ1n) is 8.77. The van der Waals surface area contributed by atoms with Gasteiger partial charge in [0.05, 0.1) is 0 Å². The second kappa shape index (κ2) is 5.50. The van der Waals surface area contributed by atoms with Crippen LogP contribution in [0.1, 0.15) is 61.0 Å². The molecular weight excluding hydrogens is 392 g/mol. The van der Waals surface area contributed by atoms with Crippen LogP contribution in [-0.4, -0.2) is 43.6 Å². The minimum absolute atomic E-state index is 0.00618. The Hall–Kier alpha value is -2.07. The number of rotatable bonds is 3. The van der Waals surface area contributed by atoms with Gasteiger partial charge in [0.15, 0.2) is 5.69 Å². The summed E-state index contributed by atoms with van der Waals surface area (Å²) in [7, 11) is 0. The van der Waals surface area contributed by atoms with E-state index in [9.17, 15) is 22.4 Å². The maximum atomic E-state index is 15.2. The number of fused-ring (bicyclic) bond motifs is 1. The standard InChI is InChI=1S/C17H17F6N3O2/c18-13-1-2-16(7-14(19,4-13)6-15(20,5-13)8-16)26-12-24-3-9(11(27)28)10(25-12)17(21,22)23/h3H,1-2,4-8H2,(H,27,28)(H,24,25,26). The van der Waals surface area contributed by atoms with Gasteiger partial charge in [0, 0.05) is 43.8 Å². The number of aromatic carboxylic acids is 1. The van der Waals surface area contributed by atoms with Crippen molar-refractivity contribution in [2.75, 3.05) is 5.32 Å². The molecule has 0 aromatic carbocycles. The zero-order valence-corrected chi connectivity index (χ0v) is 14.5. The summed E-state index contributed by atoms with van der Waals surface area (Å²) in [6.45, 7) is 0. The highest BCUT2D eigenvalue weighted by Gasteiger charge is 2.67. The number of hydrogen-bond acceptors (Lipinski definition) is 4. The number of alkyl halides is 6. The number of nitrogens with zero attached hydrogens (tertiary/aromatic N) is 2. The van der Waals surface area contributed by atoms with E-state index in [4.69, 9.17) is 5.11 Å². The first kappa shape index (κ1) is 19.3. The number of carboxylic acid groups (broad SMARTS) is 1. The molecule has 154 valence electrons. The first-order valence-corrected chi connectivity index (χ1v) is 8.77. The molecule has 1 aromatic rings. The highest BCUT2D eigenvalue weighted by Crippen LogP contribution is 2.62. The number of aromatic nitrogens is 2. The van der Waals surface area contributed by atoms with Crippen molar-refractivity contribution >= 4 is 11.9 Å². The zero-order chi connectivity index (χ0) is 20.6. The molecule has 0 spiro atoms. The molecule has 11 heteroatoms. The molecule has 4 aliphatic rings. The van der Waals surface area contributed by atoms with Crippen molar-refractivity contribution in [3.8, 4) is 0 Å². The molecule has 0 aliphatic heterocycles. The molecule has 5 rings (SSSR count). The van der Waals surface area contributed by atoms with Crippen LogP contribution in [0.3, 0.4) is 0 Å². The molecule has 2 unspecified atom stereocenters. The molecular formula is C17H17F6N3O2. The van der Waals surface area contributed by atoms with E-state index in [1.165, 1.54) is 0 Å². The lowest BCUT2D eigenvalue weighted by atomic mass is 9.61. The van der Waals surface area contributed by atoms with Crippen molar-refractivity contribution in [2.24, 2.45) is 0 Å². The molecule has 2 atom stereocenters. The van der Waals surface area contributed by atoms with Gasteiger partial charge in [-0.2, -0.15) is 13.2 Å². The minimum Gasteiger partial charge on any atom is -0.478 e. The van der Waals surface area contributed by atoms with Crippen LogP contribution < -0.4 is 5.32 Å². The van der Waals surface area contributed by atoms with E-state index in [-0.39, 0.29) is 25.7 Å². The Morgan fingerprint density at radius 3 is 2.11 bits per heavy atom. The highest BCUT2D eigenvalue weighted by atomic mass is 19.4. The van der Waals surface area contributed by atoms with Crippen LogP contribution in [0.15, 0.2) is 6.20 Å². The smallest absolute Gasteiger partial charge is 0.434 e. The summed E-state index contributed by atoms with van der Waals surface area (Å²) in [5.41, 5.74) is -10.4. The van der Waals surface area contributed by atoms with Gasteiger partial charge in [-0.1, -0.05) is 0 Å². The van der Waals surface area contributed by atoms with Gasteiger partial charge in [-0.05, 0) is 12.8 Å². The highest BCUT2D eigenvalue weighted by molar-refractivity contribution is 5.88. The largest absolute Gasteiger partial charge is 0.478 e. The maximum absolute atomic E-state index is 15.2. The van der Waals surface area contributed by atoms with E-state index in [1.807, 2.05) is 0 Å². The van der Waals surface area contributed by atoms with Crippen LogP contribution in [0.5, 0.6) is 0 Å². The molecule has 2 N–H and O–H groups in total. The molecule has 0 saturated heterocycles. The predicted octanol–water partition coefficient (Wildman–Crippen LogP) is 4.24. The van der Waals surface area contributed by atoms with Gasteiger partial charge >= 0.3 is 12.1 Å². The maximum Gasteiger partial charge on any atom is 0.434 e. The van der Waals surface area contributed by atoms with Crippen LogP contribution in [0.2, 0.25) is 0 Å². The van der Waals surface area contributed by atoms with Crippen molar-refractivity contribution in [1.82, 2.24) is 9.97 Å². The van der Waals surface area contributed by atoms with E-state index in [0.717, 1.165) is 0 Å². The van der Waals surface area contributed by atoms with Crippen LogP contribution in [-0.2, 0) is 6.18 Å². The van der Waals surface area contributed by atoms with Crippen LogP contribution in [0, 0.1) is 0 Å². The summed E-state index contributed by atoms with van der Waals surface area (Å²) >= 11 is 0. The lowest BCUT2D eigenvalue weighted by Gasteiger charge is -2.52. The fourth-order valence-corrected chi connectivity index (χ4v) is 5.44. The molecule has 28 heavy (non-hydrogen) atoms. The van der Waals surface area contributed by atoms with E-state index in [1.54, 1.807) is 0 Å². The Balaban J connectivity index is 1.72. The fourth-order valence-electron chi connectivity index (χ4n) is 5.44. The van der Waals surface area contributed by atoms with Gasteiger partial charge in [-0.25, -0.2) is 27.9 Å². The minimum atomic E-state index is -5.06. The van der Waals surface area contributed by atoms with Crippen LogP contribution >= 0.6 is 0 Å². The lowest BCUT2D eigenvalue weighted by Crippen LogP contribution is -2.59. The number of anilines is 1. The zero-order valence-electron chi connectivity index (χ0n) is 14.5. The summed E-state index contributed by atoms with van der Waals surface area (Å²) in [6, 6.07) is 0. The molecule has 0 amide bonds. The van der Waals surface area contributed by atoms with E-state index in [2.05, 4.69) is 15.3 Å². The van der Waals surface area contributed by atoms with Gasteiger partial charge in [-0.3, -0.25) is 0 Å². The Labute approximate surface area is 155 Å². The van der Waals surface area contributed by atoms with Gasteiger partial charge < -0.3 is 10.4 Å². The number of carboxylic acids is 1. The fraction of sp³-hybridized carbons (Fsp3) is 0.706. The molecule has 4 fully saturated rings. The van der Waals surface area contributed by atoms with E-state index >= 15 is 8.78 Å². The molecule has 4 aliphatic carbocycles. The van der Waals surface area contributed by atoms with Crippen molar-refractivity contribution < 1.29 is 36.2 Å². The average Bonchev–Trinajstić information content (AvgIpc) is 2.62. The third-order valence-electron chi connectivity index (χ3n) is 5.93. The lowest BCUT2D eigenvalue weighted by molar-refractivity contribution is -0.141. The average molecular weight is 409 g/mol. The second-order valence-corrected chi connectivity index (χ2v) is 8.50. The van der Waals surface area contributed by atoms with Crippen molar-refractivity contribution in [3.63, 3.8) is 0 Å². The quantitative estimate of drug-likeness (QED) is 0.731. The number of nitrogens with one attached hydrogen (secondary N) is 1. The Morgan fingerprint density at radius 1 is 1.00 bits per heavy atom. The Morgan fingerprint density at radius 2 is 1.57 bits per heavy atom. The number of halogens is 6. The second-order valence-electron chi connectivity index (χ2n) is 8.50. The monoisotopic (exact) mass is 409 g/mol. The van der Waals surface area contributed by atoms with Gasteiger partial charge in [0.2, 0.25) is 5.95 Å². The summed E-state index contributed by atoms with van der Waals surface area (Å²) in [4.78, 5) is 17.9. The Bertz CT molecular complexity index is 827. The summed E-state index contributed by atoms with van der Waals surface area (Å²) < 4.78 is 84.9. The van der Waals surface area contributed by atoms with E-state index < -0.39 is 71.2 Å². The number of hydrogen-bond donors (Lipinski definition) is 2. The van der Waals surface area contributed by atoms with E-state index in [0.29, 0.717) is 6.20 Å². The normalized spacial score (nSPS) is 39.6.